The van der Waals surface area contributed by atoms with E-state index in [1.165, 1.54) is 16.7 Å². The molecule has 0 radical (unpaired) electrons. The predicted octanol–water partition coefficient (Wildman–Crippen LogP) is 2.93. The minimum absolute atomic E-state index is 0.324. The molecule has 1 unspecified atom stereocenters. The topological polar surface area (TPSA) is 29.9 Å². The summed E-state index contributed by atoms with van der Waals surface area (Å²) in [5.74, 6) is 1.11. The van der Waals surface area contributed by atoms with E-state index in [1.54, 1.807) is 0 Å². The molecule has 1 aromatic heterocycles. The molecule has 102 valence electrons. The van der Waals surface area contributed by atoms with Gasteiger partial charge in [-0.1, -0.05) is 25.1 Å². The third-order valence-corrected chi connectivity index (χ3v) is 3.69. The summed E-state index contributed by atoms with van der Waals surface area (Å²) in [6, 6.07) is 7.03. The van der Waals surface area contributed by atoms with Crippen molar-refractivity contribution in [3.63, 3.8) is 0 Å². The fraction of sp³-hybridized carbons (Fsp3) is 0.438. The van der Waals surface area contributed by atoms with Crippen LogP contribution in [0.4, 0.5) is 0 Å². The van der Waals surface area contributed by atoms with E-state index in [9.17, 15) is 0 Å². The Morgan fingerprint density at radius 1 is 1.26 bits per heavy atom. The Balaban J connectivity index is 2.24. The first-order chi connectivity index (χ1) is 9.11. The Morgan fingerprint density at radius 2 is 2.05 bits per heavy atom. The van der Waals surface area contributed by atoms with Crippen LogP contribution in [0.2, 0.25) is 0 Å². The van der Waals surface area contributed by atoms with Crippen LogP contribution in [-0.4, -0.2) is 16.1 Å². The maximum Gasteiger partial charge on any atom is 0.110 e. The molecule has 0 fully saturated rings. The number of likely N-dealkylation sites (N-methyl/N-ethyl adjacent to an activating group) is 1. The summed E-state index contributed by atoms with van der Waals surface area (Å²) in [7, 11) is 2.05. The molecular formula is C16H23N3. The molecule has 3 heteroatoms. The van der Waals surface area contributed by atoms with Crippen molar-refractivity contribution < 1.29 is 0 Å². The van der Waals surface area contributed by atoms with E-state index in [0.717, 1.165) is 18.8 Å². The fourth-order valence-electron chi connectivity index (χ4n) is 2.31. The molecule has 0 saturated carbocycles. The van der Waals surface area contributed by atoms with Crippen LogP contribution in [-0.2, 0) is 13.5 Å². The van der Waals surface area contributed by atoms with E-state index >= 15 is 0 Å². The van der Waals surface area contributed by atoms with Crippen LogP contribution in [0.15, 0.2) is 30.6 Å². The summed E-state index contributed by atoms with van der Waals surface area (Å²) in [6.45, 7) is 7.43. The largest absolute Gasteiger partial charge is 0.338 e. The Hall–Kier alpha value is -1.61. The molecule has 0 bridgehead atoms. The van der Waals surface area contributed by atoms with Gasteiger partial charge in [0.05, 0.1) is 0 Å². The predicted molar refractivity (Wildman–Crippen MR) is 79.2 cm³/mol. The van der Waals surface area contributed by atoms with Gasteiger partial charge in [0.2, 0.25) is 0 Å². The second-order valence-corrected chi connectivity index (χ2v) is 5.11. The van der Waals surface area contributed by atoms with Crippen LogP contribution in [0.3, 0.4) is 0 Å². The third kappa shape index (κ3) is 3.24. The van der Waals surface area contributed by atoms with E-state index in [2.05, 4.69) is 53.8 Å². The van der Waals surface area contributed by atoms with Crippen molar-refractivity contribution in [2.75, 3.05) is 6.54 Å². The van der Waals surface area contributed by atoms with Gasteiger partial charge in [0.25, 0.3) is 0 Å². The molecule has 0 aliphatic rings. The normalized spacial score (nSPS) is 12.6. The molecule has 2 rings (SSSR count). The van der Waals surface area contributed by atoms with E-state index in [0.29, 0.717) is 6.04 Å². The SMILES string of the molecule is CCNC(Cc1nccn1C)c1ccc(C)c(C)c1. The monoisotopic (exact) mass is 257 g/mol. The lowest BCUT2D eigenvalue weighted by Gasteiger charge is -2.19. The van der Waals surface area contributed by atoms with Crippen LogP contribution >= 0.6 is 0 Å². The summed E-state index contributed by atoms with van der Waals surface area (Å²) in [5.41, 5.74) is 4.03. The van der Waals surface area contributed by atoms with Gasteiger partial charge in [0, 0.05) is 31.9 Å². The van der Waals surface area contributed by atoms with Gasteiger partial charge in [-0.25, -0.2) is 4.98 Å². The molecule has 1 aromatic carbocycles. The van der Waals surface area contributed by atoms with Gasteiger partial charge in [-0.15, -0.1) is 0 Å². The average Bonchev–Trinajstić information content (AvgIpc) is 2.78. The van der Waals surface area contributed by atoms with E-state index < -0.39 is 0 Å². The van der Waals surface area contributed by atoms with Gasteiger partial charge in [0.1, 0.15) is 5.82 Å². The van der Waals surface area contributed by atoms with Crippen LogP contribution in [0.5, 0.6) is 0 Å². The van der Waals surface area contributed by atoms with Crippen molar-refractivity contribution in [3.8, 4) is 0 Å². The second-order valence-electron chi connectivity index (χ2n) is 5.11. The molecule has 0 saturated heterocycles. The summed E-state index contributed by atoms with van der Waals surface area (Å²) >= 11 is 0. The summed E-state index contributed by atoms with van der Waals surface area (Å²) < 4.78 is 2.09. The van der Waals surface area contributed by atoms with Crippen LogP contribution in [0.1, 0.15) is 35.5 Å². The third-order valence-electron chi connectivity index (χ3n) is 3.69. The maximum absolute atomic E-state index is 4.43. The number of imidazole rings is 1. The number of benzene rings is 1. The number of nitrogens with one attached hydrogen (secondary N) is 1. The molecule has 2 aromatic rings. The number of nitrogens with zero attached hydrogens (tertiary/aromatic N) is 2. The Morgan fingerprint density at radius 3 is 2.63 bits per heavy atom. The summed E-state index contributed by atoms with van der Waals surface area (Å²) in [6.07, 6.45) is 4.78. The molecule has 1 atom stereocenters. The lowest BCUT2D eigenvalue weighted by atomic mass is 9.98. The van der Waals surface area contributed by atoms with Gasteiger partial charge >= 0.3 is 0 Å². The highest BCUT2D eigenvalue weighted by Gasteiger charge is 2.14. The second kappa shape index (κ2) is 6.02. The lowest BCUT2D eigenvalue weighted by molar-refractivity contribution is 0.528. The number of aryl methyl sites for hydroxylation is 3. The average molecular weight is 257 g/mol. The Labute approximate surface area is 115 Å². The quantitative estimate of drug-likeness (QED) is 0.892. The van der Waals surface area contributed by atoms with E-state index in [-0.39, 0.29) is 0 Å². The molecule has 1 N–H and O–H groups in total. The van der Waals surface area contributed by atoms with Gasteiger partial charge in [-0.3, -0.25) is 0 Å². The van der Waals surface area contributed by atoms with Crippen LogP contribution in [0, 0.1) is 13.8 Å². The number of hydrogen-bond donors (Lipinski definition) is 1. The first kappa shape index (κ1) is 13.8. The van der Waals surface area contributed by atoms with Crippen LogP contribution < -0.4 is 5.32 Å². The standard InChI is InChI=1S/C16H23N3/c1-5-17-15(11-16-18-8-9-19(16)4)14-7-6-12(2)13(3)10-14/h6-10,15,17H,5,11H2,1-4H3. The first-order valence-electron chi connectivity index (χ1n) is 6.88. The number of aromatic nitrogens is 2. The van der Waals surface area contributed by atoms with Gasteiger partial charge in [0.15, 0.2) is 0 Å². The molecule has 3 nitrogen and oxygen atoms in total. The molecule has 19 heavy (non-hydrogen) atoms. The highest BCUT2D eigenvalue weighted by atomic mass is 15.0. The molecule has 0 aliphatic carbocycles. The van der Waals surface area contributed by atoms with Crippen molar-refractivity contribution >= 4 is 0 Å². The Kier molecular flexibility index (Phi) is 4.38. The van der Waals surface area contributed by atoms with Crippen molar-refractivity contribution in [1.82, 2.24) is 14.9 Å². The molecular weight excluding hydrogens is 234 g/mol. The van der Waals surface area contributed by atoms with Gasteiger partial charge in [-0.05, 0) is 37.1 Å². The highest BCUT2D eigenvalue weighted by molar-refractivity contribution is 5.32. The lowest BCUT2D eigenvalue weighted by Crippen LogP contribution is -2.24. The fourth-order valence-corrected chi connectivity index (χ4v) is 2.31. The smallest absolute Gasteiger partial charge is 0.110 e. The summed E-state index contributed by atoms with van der Waals surface area (Å²) in [5, 5.41) is 3.56. The zero-order valence-electron chi connectivity index (χ0n) is 12.3. The molecule has 0 amide bonds. The van der Waals surface area contributed by atoms with Crippen molar-refractivity contribution in [1.29, 1.82) is 0 Å². The van der Waals surface area contributed by atoms with Gasteiger partial charge in [-0.2, -0.15) is 0 Å². The Bertz CT molecular complexity index is 543. The summed E-state index contributed by atoms with van der Waals surface area (Å²) in [4.78, 5) is 4.43. The highest BCUT2D eigenvalue weighted by Crippen LogP contribution is 2.20. The van der Waals surface area contributed by atoms with Crippen molar-refractivity contribution in [2.45, 2.75) is 33.2 Å². The zero-order chi connectivity index (χ0) is 13.8. The molecule has 0 aliphatic heterocycles. The van der Waals surface area contributed by atoms with Crippen molar-refractivity contribution in [2.24, 2.45) is 7.05 Å². The number of hydrogen-bond acceptors (Lipinski definition) is 2. The van der Waals surface area contributed by atoms with Crippen molar-refractivity contribution in [3.05, 3.63) is 53.1 Å². The number of rotatable bonds is 5. The minimum Gasteiger partial charge on any atom is -0.338 e. The minimum atomic E-state index is 0.324. The molecule has 0 spiro atoms. The van der Waals surface area contributed by atoms with Crippen LogP contribution in [0.25, 0.3) is 0 Å². The molecule has 1 heterocycles. The van der Waals surface area contributed by atoms with E-state index in [4.69, 9.17) is 0 Å². The first-order valence-corrected chi connectivity index (χ1v) is 6.88. The van der Waals surface area contributed by atoms with Gasteiger partial charge < -0.3 is 9.88 Å². The van der Waals surface area contributed by atoms with E-state index in [1.807, 2.05) is 19.4 Å². The zero-order valence-corrected chi connectivity index (χ0v) is 12.3. The maximum atomic E-state index is 4.43.